The van der Waals surface area contributed by atoms with E-state index in [9.17, 15) is 4.79 Å². The lowest BCUT2D eigenvalue weighted by Gasteiger charge is -2.38. The molecule has 0 N–H and O–H groups in total. The van der Waals surface area contributed by atoms with Crippen molar-refractivity contribution in [1.82, 2.24) is 9.80 Å². The van der Waals surface area contributed by atoms with E-state index in [4.69, 9.17) is 17.0 Å². The minimum atomic E-state index is -0.121. The number of hydrogen-bond acceptors (Lipinski definition) is 4. The molecular weight excluding hydrogens is 414 g/mol. The van der Waals surface area contributed by atoms with Crippen LogP contribution in [0.5, 0.6) is 0 Å². The number of nitrogens with zero attached hydrogens (tertiary/aromatic N) is 3. The van der Waals surface area contributed by atoms with Gasteiger partial charge in [0.1, 0.15) is 0 Å². The fourth-order valence-electron chi connectivity index (χ4n) is 2.90. The molecule has 1 aromatic rings. The number of carbonyl (C=O) groups excluding carboxylic acids is 1. The number of carbonyl (C=O) groups is 1. The summed E-state index contributed by atoms with van der Waals surface area (Å²) >= 11 is 9.31. The van der Waals surface area contributed by atoms with Crippen LogP contribution in [0.4, 0.5) is 5.69 Å². The lowest BCUT2D eigenvalue weighted by atomic mass is 10.2. The van der Waals surface area contributed by atoms with Gasteiger partial charge >= 0.3 is 5.97 Å². The van der Waals surface area contributed by atoms with E-state index in [-0.39, 0.29) is 5.97 Å². The number of likely N-dealkylation sites (N-methyl/N-ethyl adjacent to an activating group) is 1. The van der Waals surface area contributed by atoms with Gasteiger partial charge in [-0.25, -0.2) is 0 Å². The number of benzene rings is 1. The summed E-state index contributed by atoms with van der Waals surface area (Å²) in [7, 11) is 2.14. The number of rotatable bonds is 7. The number of anilines is 1. The van der Waals surface area contributed by atoms with Gasteiger partial charge in [-0.15, -0.1) is 0 Å². The first-order valence-electron chi connectivity index (χ1n) is 9.17. The lowest BCUT2D eigenvalue weighted by molar-refractivity contribution is -0.143. The van der Waals surface area contributed by atoms with Crippen molar-refractivity contribution in [2.75, 3.05) is 51.3 Å². The van der Waals surface area contributed by atoms with E-state index in [2.05, 4.69) is 49.8 Å². The Morgan fingerprint density at radius 3 is 2.46 bits per heavy atom. The van der Waals surface area contributed by atoms with Gasteiger partial charge in [0.15, 0.2) is 5.11 Å². The number of piperazine rings is 1. The first-order chi connectivity index (χ1) is 12.5. The highest BCUT2D eigenvalue weighted by atomic mass is 79.9. The Labute approximate surface area is 170 Å². The minimum Gasteiger partial charge on any atom is -0.466 e. The van der Waals surface area contributed by atoms with Crippen LogP contribution in [0.25, 0.3) is 0 Å². The van der Waals surface area contributed by atoms with Gasteiger partial charge in [0.05, 0.1) is 6.61 Å². The summed E-state index contributed by atoms with van der Waals surface area (Å²) in [5, 5.41) is 0.872. The molecular formula is C19H28BrN3O2S. The predicted molar refractivity (Wildman–Crippen MR) is 114 cm³/mol. The van der Waals surface area contributed by atoms with Gasteiger partial charge in [-0.05, 0) is 63.3 Å². The van der Waals surface area contributed by atoms with Crippen LogP contribution in [0.15, 0.2) is 28.7 Å². The monoisotopic (exact) mass is 441 g/mol. The first kappa shape index (κ1) is 21.1. The van der Waals surface area contributed by atoms with Gasteiger partial charge in [0.25, 0.3) is 0 Å². The summed E-state index contributed by atoms with van der Waals surface area (Å²) in [4.78, 5) is 18.3. The molecule has 0 aliphatic carbocycles. The normalized spacial score (nSPS) is 15.0. The van der Waals surface area contributed by atoms with Gasteiger partial charge in [0.2, 0.25) is 0 Å². The Morgan fingerprint density at radius 1 is 1.19 bits per heavy atom. The molecule has 2 rings (SSSR count). The molecule has 1 aliphatic heterocycles. The Morgan fingerprint density at radius 2 is 1.85 bits per heavy atom. The second-order valence-corrected chi connectivity index (χ2v) is 7.74. The summed E-state index contributed by atoms with van der Waals surface area (Å²) in [6.45, 7) is 7.02. The van der Waals surface area contributed by atoms with Crippen molar-refractivity contribution in [2.45, 2.75) is 26.2 Å². The third kappa shape index (κ3) is 6.52. The molecule has 0 spiro atoms. The minimum absolute atomic E-state index is 0.121. The van der Waals surface area contributed by atoms with Crippen LogP contribution < -0.4 is 4.90 Å². The molecule has 144 valence electrons. The summed E-state index contributed by atoms with van der Waals surface area (Å²) in [5.41, 5.74) is 1.09. The Hall–Kier alpha value is -1.18. The average Bonchev–Trinajstić information content (AvgIpc) is 2.63. The molecule has 1 heterocycles. The Kier molecular flexibility index (Phi) is 8.81. The molecule has 5 nitrogen and oxygen atoms in total. The largest absolute Gasteiger partial charge is 0.466 e. The van der Waals surface area contributed by atoms with E-state index < -0.39 is 0 Å². The molecule has 26 heavy (non-hydrogen) atoms. The van der Waals surface area contributed by atoms with Gasteiger partial charge in [0, 0.05) is 49.3 Å². The Balaban J connectivity index is 1.98. The molecule has 0 unspecified atom stereocenters. The molecule has 0 aromatic heterocycles. The van der Waals surface area contributed by atoms with Crippen molar-refractivity contribution >= 4 is 44.9 Å². The number of hydrogen-bond donors (Lipinski definition) is 0. The van der Waals surface area contributed by atoms with Crippen molar-refractivity contribution in [1.29, 1.82) is 0 Å². The van der Waals surface area contributed by atoms with Crippen LogP contribution in [0.1, 0.15) is 26.2 Å². The maximum Gasteiger partial charge on any atom is 0.305 e. The maximum atomic E-state index is 11.5. The van der Waals surface area contributed by atoms with E-state index in [0.717, 1.165) is 60.8 Å². The molecule has 7 heteroatoms. The molecule has 0 bridgehead atoms. The van der Waals surface area contributed by atoms with Gasteiger partial charge in [-0.3, -0.25) is 4.79 Å². The lowest BCUT2D eigenvalue weighted by Crippen LogP contribution is -2.52. The zero-order valence-electron chi connectivity index (χ0n) is 15.6. The summed E-state index contributed by atoms with van der Waals surface area (Å²) in [5.74, 6) is -0.121. The number of ether oxygens (including phenoxy) is 1. The number of esters is 1. The molecule has 1 aromatic carbocycles. The number of unbranched alkanes of at least 4 members (excludes halogenated alkanes) is 1. The summed E-state index contributed by atoms with van der Waals surface area (Å²) < 4.78 is 6.05. The summed E-state index contributed by atoms with van der Waals surface area (Å²) in [6.07, 6.45) is 2.16. The number of thiocarbonyl (C=S) groups is 1. The highest BCUT2D eigenvalue weighted by Crippen LogP contribution is 2.21. The second kappa shape index (κ2) is 10.8. The van der Waals surface area contributed by atoms with E-state index in [0.29, 0.717) is 13.0 Å². The zero-order valence-corrected chi connectivity index (χ0v) is 18.0. The van der Waals surface area contributed by atoms with Crippen LogP contribution in [-0.4, -0.2) is 67.3 Å². The van der Waals surface area contributed by atoms with Crippen LogP contribution in [0.2, 0.25) is 0 Å². The van der Waals surface area contributed by atoms with E-state index >= 15 is 0 Å². The van der Waals surface area contributed by atoms with Crippen molar-refractivity contribution < 1.29 is 9.53 Å². The average molecular weight is 442 g/mol. The third-order valence-corrected chi connectivity index (χ3v) is 5.47. The van der Waals surface area contributed by atoms with E-state index in [1.807, 2.05) is 19.1 Å². The highest BCUT2D eigenvalue weighted by molar-refractivity contribution is 9.10. The van der Waals surface area contributed by atoms with Gasteiger partial charge in [-0.2, -0.15) is 0 Å². The van der Waals surface area contributed by atoms with Gasteiger partial charge < -0.3 is 19.4 Å². The fraction of sp³-hybridized carbons (Fsp3) is 0.579. The molecule has 1 aliphatic rings. The zero-order chi connectivity index (χ0) is 18.9. The van der Waals surface area contributed by atoms with Crippen molar-refractivity contribution in [3.05, 3.63) is 28.7 Å². The second-order valence-electron chi connectivity index (χ2n) is 6.46. The van der Waals surface area contributed by atoms with Crippen molar-refractivity contribution in [2.24, 2.45) is 0 Å². The van der Waals surface area contributed by atoms with Crippen molar-refractivity contribution in [3.63, 3.8) is 0 Å². The fourth-order valence-corrected chi connectivity index (χ4v) is 3.54. The standard InChI is InChI=1S/C19H28BrN3O2S/c1-3-25-18(24)6-4-5-11-23(17-9-7-16(20)8-10-17)19(26)22-14-12-21(2)13-15-22/h7-10H,3-6,11-15H2,1-2H3. The van der Waals surface area contributed by atoms with Crippen LogP contribution >= 0.6 is 28.1 Å². The van der Waals surface area contributed by atoms with Crippen LogP contribution in [0, 0.1) is 0 Å². The van der Waals surface area contributed by atoms with Crippen molar-refractivity contribution in [3.8, 4) is 0 Å². The predicted octanol–water partition coefficient (Wildman–Crippen LogP) is 3.52. The highest BCUT2D eigenvalue weighted by Gasteiger charge is 2.22. The maximum absolute atomic E-state index is 11.5. The van der Waals surface area contributed by atoms with E-state index in [1.165, 1.54) is 0 Å². The van der Waals surface area contributed by atoms with Gasteiger partial charge in [-0.1, -0.05) is 15.9 Å². The van der Waals surface area contributed by atoms with E-state index in [1.54, 1.807) is 0 Å². The van der Waals surface area contributed by atoms with Crippen LogP contribution in [0.3, 0.4) is 0 Å². The smallest absolute Gasteiger partial charge is 0.305 e. The first-order valence-corrected chi connectivity index (χ1v) is 10.4. The molecule has 1 saturated heterocycles. The molecule has 0 saturated carbocycles. The number of halogens is 1. The third-order valence-electron chi connectivity index (χ3n) is 4.46. The SMILES string of the molecule is CCOC(=O)CCCCN(C(=S)N1CCN(C)CC1)c1ccc(Br)cc1. The molecule has 0 amide bonds. The topological polar surface area (TPSA) is 36.0 Å². The quantitative estimate of drug-likeness (QED) is 0.365. The summed E-state index contributed by atoms with van der Waals surface area (Å²) in [6, 6.07) is 8.23. The Bertz CT molecular complexity index is 589. The van der Waals surface area contributed by atoms with Crippen LogP contribution in [-0.2, 0) is 9.53 Å². The molecule has 0 atom stereocenters. The molecule has 0 radical (unpaired) electrons. The molecule has 1 fully saturated rings.